The summed E-state index contributed by atoms with van der Waals surface area (Å²) in [5.74, 6) is 0.226. The number of benzene rings is 2. The number of carbonyl (C=O) groups is 2. The second kappa shape index (κ2) is 8.53. The highest BCUT2D eigenvalue weighted by Gasteiger charge is 2.10. The number of methoxy groups -OCH3 is 1. The lowest BCUT2D eigenvalue weighted by atomic mass is 10.1. The van der Waals surface area contributed by atoms with Crippen LogP contribution in [0.3, 0.4) is 0 Å². The van der Waals surface area contributed by atoms with Crippen molar-refractivity contribution in [2.24, 2.45) is 0 Å². The summed E-state index contributed by atoms with van der Waals surface area (Å²) in [5.41, 5.74) is 1.74. The van der Waals surface area contributed by atoms with Crippen LogP contribution in [-0.2, 0) is 6.54 Å². The lowest BCUT2D eigenvalue weighted by Crippen LogP contribution is -2.25. The van der Waals surface area contributed by atoms with Crippen LogP contribution in [0, 0.1) is 0 Å². The summed E-state index contributed by atoms with van der Waals surface area (Å²) < 4.78 is 5.26. The summed E-state index contributed by atoms with van der Waals surface area (Å²) in [5, 5.41) is 5.51. The average Bonchev–Trinajstić information content (AvgIpc) is 2.64. The minimum Gasteiger partial charge on any atom is -0.496 e. The van der Waals surface area contributed by atoms with E-state index in [1.165, 1.54) is 0 Å². The molecular formula is C19H20N2O3. The Hall–Kier alpha value is -3.08. The first-order valence-corrected chi connectivity index (χ1v) is 7.55. The molecule has 0 heterocycles. The average molecular weight is 324 g/mol. The number of rotatable bonds is 7. The van der Waals surface area contributed by atoms with Crippen LogP contribution in [0.5, 0.6) is 5.75 Å². The van der Waals surface area contributed by atoms with Gasteiger partial charge in [0.1, 0.15) is 5.75 Å². The normalized spacial score (nSPS) is 9.88. The summed E-state index contributed by atoms with van der Waals surface area (Å²) in [6.07, 6.45) is 1.60. The van der Waals surface area contributed by atoms with Crippen LogP contribution in [-0.4, -0.2) is 25.5 Å². The molecular weight excluding hydrogens is 304 g/mol. The lowest BCUT2D eigenvalue weighted by Gasteiger charge is -2.10. The van der Waals surface area contributed by atoms with Gasteiger partial charge in [0.2, 0.25) is 0 Å². The number of para-hydroxylation sites is 1. The second-order valence-corrected chi connectivity index (χ2v) is 5.07. The van der Waals surface area contributed by atoms with E-state index in [-0.39, 0.29) is 11.8 Å². The van der Waals surface area contributed by atoms with Crippen molar-refractivity contribution in [1.82, 2.24) is 10.6 Å². The van der Waals surface area contributed by atoms with Crippen molar-refractivity contribution in [3.05, 3.63) is 77.9 Å². The molecule has 0 atom stereocenters. The van der Waals surface area contributed by atoms with Crippen LogP contribution in [0.4, 0.5) is 0 Å². The van der Waals surface area contributed by atoms with Crippen molar-refractivity contribution < 1.29 is 14.3 Å². The van der Waals surface area contributed by atoms with Crippen LogP contribution in [0.2, 0.25) is 0 Å². The van der Waals surface area contributed by atoms with Crippen LogP contribution in [0.25, 0.3) is 0 Å². The maximum absolute atomic E-state index is 12.3. The molecule has 0 bridgehead atoms. The molecule has 2 N–H and O–H groups in total. The van der Waals surface area contributed by atoms with Crippen molar-refractivity contribution in [3.8, 4) is 5.75 Å². The molecule has 0 radical (unpaired) electrons. The van der Waals surface area contributed by atoms with E-state index in [2.05, 4.69) is 17.2 Å². The molecule has 5 nitrogen and oxygen atoms in total. The Morgan fingerprint density at radius 3 is 2.38 bits per heavy atom. The summed E-state index contributed by atoms with van der Waals surface area (Å²) in [4.78, 5) is 24.2. The minimum absolute atomic E-state index is 0.241. The predicted molar refractivity (Wildman–Crippen MR) is 93.1 cm³/mol. The van der Waals surface area contributed by atoms with E-state index in [1.807, 2.05) is 24.3 Å². The Kier molecular flexibility index (Phi) is 6.14. The SMILES string of the molecule is C=CCNC(=O)c1cccc(C(=O)NCc2ccccc2OC)c1. The zero-order valence-electron chi connectivity index (χ0n) is 13.5. The maximum Gasteiger partial charge on any atom is 0.251 e. The molecule has 0 saturated heterocycles. The van der Waals surface area contributed by atoms with E-state index in [9.17, 15) is 9.59 Å². The van der Waals surface area contributed by atoms with E-state index in [0.29, 0.717) is 24.2 Å². The van der Waals surface area contributed by atoms with E-state index < -0.39 is 0 Å². The van der Waals surface area contributed by atoms with Crippen LogP contribution in [0.1, 0.15) is 26.3 Å². The molecule has 0 aromatic heterocycles. The van der Waals surface area contributed by atoms with Gasteiger partial charge in [-0.15, -0.1) is 6.58 Å². The molecule has 0 fully saturated rings. The molecule has 0 spiro atoms. The Morgan fingerprint density at radius 2 is 1.71 bits per heavy atom. The zero-order valence-corrected chi connectivity index (χ0v) is 13.5. The Labute approximate surface area is 141 Å². The standard InChI is InChI=1S/C19H20N2O3/c1-3-11-20-18(22)14-8-6-9-15(12-14)19(23)21-13-16-7-4-5-10-17(16)24-2/h3-10,12H,1,11,13H2,2H3,(H,20,22)(H,21,23). The first-order valence-electron chi connectivity index (χ1n) is 7.55. The topological polar surface area (TPSA) is 67.4 Å². The van der Waals surface area contributed by atoms with Gasteiger partial charge in [0.25, 0.3) is 11.8 Å². The molecule has 2 aromatic rings. The monoisotopic (exact) mass is 324 g/mol. The van der Waals surface area contributed by atoms with Crippen molar-refractivity contribution in [2.75, 3.05) is 13.7 Å². The molecule has 24 heavy (non-hydrogen) atoms. The third-order valence-electron chi connectivity index (χ3n) is 3.43. The van der Waals surface area contributed by atoms with E-state index in [4.69, 9.17) is 4.74 Å². The van der Waals surface area contributed by atoms with Gasteiger partial charge < -0.3 is 15.4 Å². The Bertz CT molecular complexity index is 741. The van der Waals surface area contributed by atoms with E-state index in [1.54, 1.807) is 37.5 Å². The number of hydrogen-bond donors (Lipinski definition) is 2. The molecule has 5 heteroatoms. The number of amides is 2. The van der Waals surface area contributed by atoms with Gasteiger partial charge in [-0.2, -0.15) is 0 Å². The molecule has 2 aromatic carbocycles. The second-order valence-electron chi connectivity index (χ2n) is 5.07. The third kappa shape index (κ3) is 4.46. The van der Waals surface area contributed by atoms with Crippen LogP contribution < -0.4 is 15.4 Å². The first kappa shape index (κ1) is 17.3. The molecule has 2 amide bonds. The highest BCUT2D eigenvalue weighted by atomic mass is 16.5. The molecule has 0 saturated carbocycles. The molecule has 2 rings (SSSR count). The largest absolute Gasteiger partial charge is 0.496 e. The van der Waals surface area contributed by atoms with E-state index in [0.717, 1.165) is 11.3 Å². The first-order chi connectivity index (χ1) is 11.7. The molecule has 0 unspecified atom stereocenters. The lowest BCUT2D eigenvalue weighted by molar-refractivity contribution is 0.0950. The summed E-state index contributed by atoms with van der Waals surface area (Å²) in [6, 6.07) is 14.1. The van der Waals surface area contributed by atoms with Gasteiger partial charge in [-0.05, 0) is 24.3 Å². The summed E-state index contributed by atoms with van der Waals surface area (Å²) >= 11 is 0. The summed E-state index contributed by atoms with van der Waals surface area (Å²) in [7, 11) is 1.59. The smallest absolute Gasteiger partial charge is 0.251 e. The van der Waals surface area contributed by atoms with Gasteiger partial charge in [0.05, 0.1) is 7.11 Å². The predicted octanol–water partition coefficient (Wildman–Crippen LogP) is 2.54. The molecule has 124 valence electrons. The fourth-order valence-electron chi connectivity index (χ4n) is 2.20. The third-order valence-corrected chi connectivity index (χ3v) is 3.43. The summed E-state index contributed by atoms with van der Waals surface area (Å²) in [6.45, 7) is 4.27. The van der Waals surface area contributed by atoms with Crippen molar-refractivity contribution in [1.29, 1.82) is 0 Å². The number of ether oxygens (including phenoxy) is 1. The molecule has 0 aliphatic carbocycles. The van der Waals surface area contributed by atoms with Gasteiger partial charge >= 0.3 is 0 Å². The quantitative estimate of drug-likeness (QED) is 0.769. The zero-order chi connectivity index (χ0) is 17.4. The van der Waals surface area contributed by atoms with Crippen molar-refractivity contribution in [2.45, 2.75) is 6.54 Å². The highest BCUT2D eigenvalue weighted by molar-refractivity contribution is 5.99. The highest BCUT2D eigenvalue weighted by Crippen LogP contribution is 2.17. The fourth-order valence-corrected chi connectivity index (χ4v) is 2.20. The van der Waals surface area contributed by atoms with Crippen LogP contribution in [0.15, 0.2) is 61.2 Å². The number of nitrogens with one attached hydrogen (secondary N) is 2. The Balaban J connectivity index is 2.04. The number of hydrogen-bond acceptors (Lipinski definition) is 3. The fraction of sp³-hybridized carbons (Fsp3) is 0.158. The van der Waals surface area contributed by atoms with Gasteiger partial charge in [-0.3, -0.25) is 9.59 Å². The van der Waals surface area contributed by atoms with Gasteiger partial charge in [0.15, 0.2) is 0 Å². The van der Waals surface area contributed by atoms with Crippen LogP contribution >= 0.6 is 0 Å². The number of carbonyl (C=O) groups excluding carboxylic acids is 2. The van der Waals surface area contributed by atoms with Gasteiger partial charge in [-0.25, -0.2) is 0 Å². The van der Waals surface area contributed by atoms with Crippen molar-refractivity contribution in [3.63, 3.8) is 0 Å². The van der Waals surface area contributed by atoms with Gasteiger partial charge in [0, 0.05) is 29.8 Å². The maximum atomic E-state index is 12.3. The van der Waals surface area contributed by atoms with Crippen molar-refractivity contribution >= 4 is 11.8 Å². The molecule has 0 aliphatic heterocycles. The molecule has 0 aliphatic rings. The van der Waals surface area contributed by atoms with E-state index >= 15 is 0 Å². The minimum atomic E-state index is -0.251. The Morgan fingerprint density at radius 1 is 1.04 bits per heavy atom. The van der Waals surface area contributed by atoms with Gasteiger partial charge in [-0.1, -0.05) is 30.3 Å².